The molecule has 2 aromatic carbocycles. The molecule has 0 fully saturated rings. The van der Waals surface area contributed by atoms with E-state index in [1.54, 1.807) is 0 Å². The highest BCUT2D eigenvalue weighted by molar-refractivity contribution is 5.66. The van der Waals surface area contributed by atoms with E-state index in [0.29, 0.717) is 0 Å². The fourth-order valence-corrected chi connectivity index (χ4v) is 4.76. The van der Waals surface area contributed by atoms with Gasteiger partial charge in [0.25, 0.3) is 0 Å². The second kappa shape index (κ2) is 9.26. The molecule has 1 aromatic heterocycles. The van der Waals surface area contributed by atoms with E-state index in [4.69, 9.17) is 9.97 Å². The van der Waals surface area contributed by atoms with Crippen LogP contribution in [0.25, 0.3) is 6.08 Å². The van der Waals surface area contributed by atoms with Crippen molar-refractivity contribution in [2.45, 2.75) is 25.7 Å². The van der Waals surface area contributed by atoms with Crippen LogP contribution in [0.4, 0.5) is 17.3 Å². The number of rotatable bonds is 7. The largest absolute Gasteiger partial charge is 0.378 e. The molecule has 172 valence electrons. The molecule has 5 heteroatoms. The molecular weight excluding hydrogens is 406 g/mol. The molecule has 0 N–H and O–H groups in total. The van der Waals surface area contributed by atoms with E-state index in [2.05, 4.69) is 124 Å². The average molecular weight is 442 g/mol. The number of benzene rings is 2. The van der Waals surface area contributed by atoms with Crippen LogP contribution in [0.15, 0.2) is 60.8 Å². The molecule has 0 unspecified atom stereocenters. The molecule has 0 amide bonds. The number of allylic oxidation sites excluding steroid dienone is 1. The second-order valence-electron chi connectivity index (χ2n) is 9.04. The normalized spacial score (nSPS) is 14.0. The third kappa shape index (κ3) is 4.08. The Morgan fingerprint density at radius 2 is 1.30 bits per heavy atom. The first-order valence-corrected chi connectivity index (χ1v) is 11.8. The zero-order valence-corrected chi connectivity index (χ0v) is 20.7. The Kier molecular flexibility index (Phi) is 6.41. The number of fused-ring (bicyclic) bond motifs is 1. The highest BCUT2D eigenvalue weighted by Gasteiger charge is 2.39. The van der Waals surface area contributed by atoms with Crippen LogP contribution >= 0.6 is 0 Å². The summed E-state index contributed by atoms with van der Waals surface area (Å²) in [5.41, 5.74) is 6.74. The predicted molar refractivity (Wildman–Crippen MR) is 141 cm³/mol. The third-order valence-electron chi connectivity index (χ3n) is 6.76. The zero-order chi connectivity index (χ0) is 23.6. The highest BCUT2D eigenvalue weighted by atomic mass is 15.2. The van der Waals surface area contributed by atoms with Gasteiger partial charge in [0, 0.05) is 64.4 Å². The number of aromatic nitrogens is 2. The number of hydrogen-bond donors (Lipinski definition) is 0. The highest BCUT2D eigenvalue weighted by Crippen LogP contribution is 2.46. The first-order valence-electron chi connectivity index (χ1n) is 11.8. The fraction of sp³-hybridized carbons (Fsp3) is 0.357. The van der Waals surface area contributed by atoms with Crippen LogP contribution in [0.3, 0.4) is 0 Å². The van der Waals surface area contributed by atoms with Gasteiger partial charge in [0.15, 0.2) is 0 Å². The Hall–Kier alpha value is -3.34. The molecule has 1 aliphatic rings. The molecule has 0 atom stereocenters. The van der Waals surface area contributed by atoms with Gasteiger partial charge < -0.3 is 14.7 Å². The summed E-state index contributed by atoms with van der Waals surface area (Å²) in [6, 6.07) is 17.9. The second-order valence-corrected chi connectivity index (χ2v) is 9.04. The summed E-state index contributed by atoms with van der Waals surface area (Å²) in [5, 5.41) is 0. The van der Waals surface area contributed by atoms with Crippen LogP contribution in [0.5, 0.6) is 0 Å². The van der Waals surface area contributed by atoms with Crippen LogP contribution in [-0.2, 0) is 5.41 Å². The summed E-state index contributed by atoms with van der Waals surface area (Å²) >= 11 is 0. The molecule has 4 rings (SSSR count). The number of nitrogens with zero attached hydrogens (tertiary/aromatic N) is 5. The maximum Gasteiger partial charge on any atom is 0.225 e. The molecule has 33 heavy (non-hydrogen) atoms. The summed E-state index contributed by atoms with van der Waals surface area (Å²) in [6.07, 6.45) is 7.35. The Morgan fingerprint density at radius 1 is 0.788 bits per heavy atom. The molecule has 1 heterocycles. The summed E-state index contributed by atoms with van der Waals surface area (Å²) < 4.78 is 0. The number of hydrogen-bond acceptors (Lipinski definition) is 5. The predicted octanol–water partition coefficient (Wildman–Crippen LogP) is 5.21. The van der Waals surface area contributed by atoms with Crippen molar-refractivity contribution in [1.82, 2.24) is 9.97 Å². The van der Waals surface area contributed by atoms with E-state index in [1.807, 2.05) is 0 Å². The van der Waals surface area contributed by atoms with E-state index in [-0.39, 0.29) is 5.41 Å². The molecule has 3 aromatic rings. The van der Waals surface area contributed by atoms with Crippen molar-refractivity contribution in [2.24, 2.45) is 0 Å². The minimum atomic E-state index is -0.332. The zero-order valence-electron chi connectivity index (χ0n) is 20.7. The van der Waals surface area contributed by atoms with Gasteiger partial charge in [-0.2, -0.15) is 0 Å². The SMILES string of the molecule is CCN(CC)c1ncc2c(n1)C=CCC2(c1ccc(N(C)C)cc1)c1ccc(N(C)C)cc1. The Bertz CT molecular complexity index is 1060. The van der Waals surface area contributed by atoms with Gasteiger partial charge in [-0.1, -0.05) is 30.3 Å². The van der Waals surface area contributed by atoms with Crippen LogP contribution in [0.1, 0.15) is 42.7 Å². The molecule has 0 aliphatic heterocycles. The van der Waals surface area contributed by atoms with Crippen molar-refractivity contribution in [3.05, 3.63) is 83.2 Å². The standard InChI is InChI=1S/C28H35N5/c1-7-33(8-2)27-29-20-25-26(30-27)10-9-19-28(25,21-11-15-23(16-12-21)31(3)4)22-13-17-24(18-14-22)32(5)6/h9-18,20H,7-8,19H2,1-6H3. The van der Waals surface area contributed by atoms with Gasteiger partial charge in [-0.05, 0) is 61.7 Å². The monoisotopic (exact) mass is 441 g/mol. The molecule has 1 aliphatic carbocycles. The van der Waals surface area contributed by atoms with E-state index in [0.717, 1.165) is 36.7 Å². The summed E-state index contributed by atoms with van der Waals surface area (Å²) in [5.74, 6) is 0.796. The van der Waals surface area contributed by atoms with Gasteiger partial charge in [0.1, 0.15) is 0 Å². The van der Waals surface area contributed by atoms with Crippen molar-refractivity contribution in [1.29, 1.82) is 0 Å². The molecule has 0 bridgehead atoms. The summed E-state index contributed by atoms with van der Waals surface area (Å²) in [4.78, 5) is 16.3. The van der Waals surface area contributed by atoms with Gasteiger partial charge in [-0.15, -0.1) is 0 Å². The lowest BCUT2D eigenvalue weighted by Crippen LogP contribution is -2.33. The first-order chi connectivity index (χ1) is 15.9. The van der Waals surface area contributed by atoms with Gasteiger partial charge in [-0.25, -0.2) is 9.97 Å². The molecule has 0 saturated carbocycles. The Labute approximate surface area is 198 Å². The molecule has 0 spiro atoms. The average Bonchev–Trinajstić information content (AvgIpc) is 2.84. The lowest BCUT2D eigenvalue weighted by atomic mass is 9.65. The van der Waals surface area contributed by atoms with Crippen LogP contribution in [0.2, 0.25) is 0 Å². The summed E-state index contributed by atoms with van der Waals surface area (Å²) in [7, 11) is 8.30. The fourth-order valence-electron chi connectivity index (χ4n) is 4.76. The first kappa shape index (κ1) is 22.8. The lowest BCUT2D eigenvalue weighted by molar-refractivity contribution is 0.611. The van der Waals surface area contributed by atoms with Crippen molar-refractivity contribution in [3.63, 3.8) is 0 Å². The van der Waals surface area contributed by atoms with Crippen LogP contribution < -0.4 is 14.7 Å². The van der Waals surface area contributed by atoms with E-state index in [9.17, 15) is 0 Å². The van der Waals surface area contributed by atoms with Crippen molar-refractivity contribution in [3.8, 4) is 0 Å². The Balaban J connectivity index is 1.92. The minimum Gasteiger partial charge on any atom is -0.378 e. The van der Waals surface area contributed by atoms with Gasteiger partial charge in [-0.3, -0.25) is 0 Å². The van der Waals surface area contributed by atoms with Crippen molar-refractivity contribution >= 4 is 23.4 Å². The summed E-state index contributed by atoms with van der Waals surface area (Å²) in [6.45, 7) is 6.07. The van der Waals surface area contributed by atoms with Gasteiger partial charge in [0.2, 0.25) is 5.95 Å². The van der Waals surface area contributed by atoms with Crippen LogP contribution in [-0.4, -0.2) is 51.2 Å². The molecule has 0 saturated heterocycles. The van der Waals surface area contributed by atoms with Crippen molar-refractivity contribution in [2.75, 3.05) is 56.0 Å². The number of anilines is 3. The Morgan fingerprint density at radius 3 is 1.76 bits per heavy atom. The van der Waals surface area contributed by atoms with Gasteiger partial charge in [0.05, 0.1) is 11.1 Å². The van der Waals surface area contributed by atoms with E-state index >= 15 is 0 Å². The quantitative estimate of drug-likeness (QED) is 0.503. The molecule has 0 radical (unpaired) electrons. The molecular formula is C28H35N5. The molecule has 5 nitrogen and oxygen atoms in total. The van der Waals surface area contributed by atoms with E-state index in [1.165, 1.54) is 22.5 Å². The van der Waals surface area contributed by atoms with Gasteiger partial charge >= 0.3 is 0 Å². The lowest BCUT2D eigenvalue weighted by Gasteiger charge is -2.38. The van der Waals surface area contributed by atoms with Crippen molar-refractivity contribution < 1.29 is 0 Å². The van der Waals surface area contributed by atoms with Crippen LogP contribution in [0, 0.1) is 0 Å². The van der Waals surface area contributed by atoms with E-state index < -0.39 is 0 Å². The topological polar surface area (TPSA) is 35.5 Å². The smallest absolute Gasteiger partial charge is 0.225 e. The maximum absolute atomic E-state index is 5.00. The minimum absolute atomic E-state index is 0.332. The maximum atomic E-state index is 5.00. The third-order valence-corrected chi connectivity index (χ3v) is 6.76.